The van der Waals surface area contributed by atoms with E-state index in [1.807, 2.05) is 17.8 Å². The Morgan fingerprint density at radius 3 is 2.74 bits per heavy atom. The molecule has 1 saturated carbocycles. The fraction of sp³-hybridized carbons (Fsp3) is 0.462. The van der Waals surface area contributed by atoms with Crippen LogP contribution in [0.5, 0.6) is 0 Å². The van der Waals surface area contributed by atoms with Crippen LogP contribution in [0.4, 0.5) is 0 Å². The number of hydrogen-bond acceptors (Lipinski definition) is 3. The summed E-state index contributed by atoms with van der Waals surface area (Å²) in [6.45, 7) is 2.26. The minimum atomic E-state index is -0.0786. The number of nitrogens with zero attached hydrogens (tertiary/aromatic N) is 4. The van der Waals surface area contributed by atoms with Gasteiger partial charge in [-0.1, -0.05) is 18.5 Å². The summed E-state index contributed by atoms with van der Waals surface area (Å²) in [6.07, 6.45) is 5.73. The van der Waals surface area contributed by atoms with E-state index < -0.39 is 0 Å². The first-order valence-corrected chi connectivity index (χ1v) is 7.36. The monoisotopic (exact) mass is 340 g/mol. The zero-order chi connectivity index (χ0) is 13.6. The lowest BCUT2D eigenvalue weighted by Gasteiger charge is -2.45. The van der Waals surface area contributed by atoms with Crippen LogP contribution in [-0.2, 0) is 12.5 Å². The third kappa shape index (κ3) is 1.99. The second-order valence-electron chi connectivity index (χ2n) is 5.36. The van der Waals surface area contributed by atoms with Crippen molar-refractivity contribution in [1.82, 2.24) is 19.7 Å². The smallest absolute Gasteiger partial charge is 0.143 e. The Balaban J connectivity index is 2.11. The average molecular weight is 342 g/mol. The Hall–Kier alpha value is -0.940. The van der Waals surface area contributed by atoms with Crippen molar-refractivity contribution in [2.75, 3.05) is 0 Å². The van der Waals surface area contributed by atoms with Crippen LogP contribution in [0, 0.1) is 5.92 Å². The third-order valence-electron chi connectivity index (χ3n) is 3.88. The Morgan fingerprint density at radius 1 is 1.47 bits per heavy atom. The lowest BCUT2D eigenvalue weighted by atomic mass is 9.59. The predicted molar refractivity (Wildman–Crippen MR) is 77.1 cm³/mol. The Bertz CT molecular complexity index is 619. The summed E-state index contributed by atoms with van der Waals surface area (Å²) in [5.74, 6) is 1.69. The van der Waals surface area contributed by atoms with Gasteiger partial charge in [0.1, 0.15) is 17.3 Å². The van der Waals surface area contributed by atoms with E-state index in [1.54, 1.807) is 6.33 Å². The molecule has 0 aliphatic heterocycles. The van der Waals surface area contributed by atoms with E-state index >= 15 is 0 Å². The maximum atomic E-state index is 5.99. The van der Waals surface area contributed by atoms with Gasteiger partial charge in [-0.3, -0.25) is 0 Å². The average Bonchev–Trinajstić information content (AvgIpc) is 2.75. The molecule has 0 aromatic carbocycles. The molecular weight excluding hydrogens is 328 g/mol. The molecule has 1 fully saturated rings. The fourth-order valence-corrected chi connectivity index (χ4v) is 3.53. The SMILES string of the molecule is CC1CC(c2cnc(Cl)c(Br)c2)(c2nncn2C)C1. The van der Waals surface area contributed by atoms with Crippen LogP contribution in [0.2, 0.25) is 5.15 Å². The lowest BCUT2D eigenvalue weighted by molar-refractivity contribution is 0.185. The van der Waals surface area contributed by atoms with Gasteiger partial charge < -0.3 is 4.57 Å². The summed E-state index contributed by atoms with van der Waals surface area (Å²) in [6, 6.07) is 2.05. The minimum absolute atomic E-state index is 0.0786. The van der Waals surface area contributed by atoms with Crippen LogP contribution < -0.4 is 0 Å². The van der Waals surface area contributed by atoms with Crippen molar-refractivity contribution in [2.45, 2.75) is 25.2 Å². The van der Waals surface area contributed by atoms with Crippen LogP contribution in [0.25, 0.3) is 0 Å². The van der Waals surface area contributed by atoms with Crippen molar-refractivity contribution >= 4 is 27.5 Å². The molecule has 1 aliphatic carbocycles. The van der Waals surface area contributed by atoms with Gasteiger partial charge >= 0.3 is 0 Å². The van der Waals surface area contributed by atoms with Crippen LogP contribution in [0.3, 0.4) is 0 Å². The number of pyridine rings is 1. The molecule has 4 nitrogen and oxygen atoms in total. The number of halogens is 2. The third-order valence-corrected chi connectivity index (χ3v) is 5.02. The van der Waals surface area contributed by atoms with E-state index in [0.29, 0.717) is 11.1 Å². The number of aryl methyl sites for hydroxylation is 1. The summed E-state index contributed by atoms with van der Waals surface area (Å²) in [4.78, 5) is 4.25. The summed E-state index contributed by atoms with van der Waals surface area (Å²) >= 11 is 9.44. The molecule has 0 atom stereocenters. The Morgan fingerprint density at radius 2 is 2.21 bits per heavy atom. The van der Waals surface area contributed by atoms with E-state index in [1.165, 1.54) is 0 Å². The summed E-state index contributed by atoms with van der Waals surface area (Å²) < 4.78 is 2.82. The van der Waals surface area contributed by atoms with Gasteiger partial charge in [0, 0.05) is 13.2 Å². The molecule has 19 heavy (non-hydrogen) atoms. The molecule has 0 saturated heterocycles. The van der Waals surface area contributed by atoms with Gasteiger partial charge in [-0.15, -0.1) is 10.2 Å². The van der Waals surface area contributed by atoms with Gasteiger partial charge in [-0.2, -0.15) is 0 Å². The van der Waals surface area contributed by atoms with E-state index in [4.69, 9.17) is 11.6 Å². The van der Waals surface area contributed by atoms with Crippen molar-refractivity contribution in [3.8, 4) is 0 Å². The maximum absolute atomic E-state index is 5.99. The molecule has 0 unspecified atom stereocenters. The molecule has 3 rings (SSSR count). The second-order valence-corrected chi connectivity index (χ2v) is 6.57. The highest BCUT2D eigenvalue weighted by Crippen LogP contribution is 2.51. The molecule has 0 N–H and O–H groups in total. The fourth-order valence-electron chi connectivity index (χ4n) is 3.08. The Kier molecular flexibility index (Phi) is 3.14. The van der Waals surface area contributed by atoms with Crippen LogP contribution in [-0.4, -0.2) is 19.7 Å². The highest BCUT2D eigenvalue weighted by atomic mass is 79.9. The molecule has 0 bridgehead atoms. The van der Waals surface area contributed by atoms with Crippen LogP contribution in [0.15, 0.2) is 23.1 Å². The highest BCUT2D eigenvalue weighted by Gasteiger charge is 2.48. The number of rotatable bonds is 2. The number of hydrogen-bond donors (Lipinski definition) is 0. The van der Waals surface area contributed by atoms with Crippen molar-refractivity contribution in [3.05, 3.63) is 39.6 Å². The summed E-state index contributed by atoms with van der Waals surface area (Å²) in [7, 11) is 1.98. The van der Waals surface area contributed by atoms with Gasteiger partial charge in [0.2, 0.25) is 0 Å². The first kappa shape index (κ1) is 13.1. The van der Waals surface area contributed by atoms with Crippen molar-refractivity contribution in [3.63, 3.8) is 0 Å². The van der Waals surface area contributed by atoms with Crippen molar-refractivity contribution in [1.29, 1.82) is 0 Å². The molecule has 2 heterocycles. The standard InChI is InChI=1S/C13H14BrClN4/c1-8-4-13(5-8,12-18-17-7-19(12)2)9-3-10(14)11(15)16-6-9/h3,6-8H,4-5H2,1-2H3. The lowest BCUT2D eigenvalue weighted by Crippen LogP contribution is -2.43. The quantitative estimate of drug-likeness (QED) is 0.787. The molecule has 6 heteroatoms. The molecule has 0 spiro atoms. The highest BCUT2D eigenvalue weighted by molar-refractivity contribution is 9.10. The van der Waals surface area contributed by atoms with Gasteiger partial charge in [0.25, 0.3) is 0 Å². The normalized spacial score (nSPS) is 26.2. The van der Waals surface area contributed by atoms with Gasteiger partial charge in [0.05, 0.1) is 9.89 Å². The molecule has 0 amide bonds. The largest absolute Gasteiger partial charge is 0.320 e. The molecular formula is C13H14BrClN4. The first-order valence-electron chi connectivity index (χ1n) is 6.19. The second kappa shape index (κ2) is 4.56. The van der Waals surface area contributed by atoms with E-state index in [2.05, 4.69) is 44.1 Å². The minimum Gasteiger partial charge on any atom is -0.320 e. The van der Waals surface area contributed by atoms with E-state index in [-0.39, 0.29) is 5.41 Å². The Labute approximate surface area is 125 Å². The topological polar surface area (TPSA) is 43.6 Å². The predicted octanol–water partition coefficient (Wildman–Crippen LogP) is 3.34. The van der Waals surface area contributed by atoms with E-state index in [0.717, 1.165) is 28.7 Å². The first-order chi connectivity index (χ1) is 9.03. The van der Waals surface area contributed by atoms with Crippen LogP contribution in [0.1, 0.15) is 31.2 Å². The molecule has 2 aromatic rings. The van der Waals surface area contributed by atoms with Gasteiger partial charge in [-0.25, -0.2) is 4.98 Å². The van der Waals surface area contributed by atoms with Crippen molar-refractivity contribution in [2.24, 2.45) is 13.0 Å². The number of aromatic nitrogens is 4. The molecule has 2 aromatic heterocycles. The maximum Gasteiger partial charge on any atom is 0.143 e. The summed E-state index contributed by atoms with van der Waals surface area (Å²) in [5.41, 5.74) is 1.07. The van der Waals surface area contributed by atoms with Crippen LogP contribution >= 0.6 is 27.5 Å². The molecule has 100 valence electrons. The molecule has 1 aliphatic rings. The zero-order valence-corrected chi connectivity index (χ0v) is 13.1. The van der Waals surface area contributed by atoms with Gasteiger partial charge in [-0.05, 0) is 46.3 Å². The van der Waals surface area contributed by atoms with E-state index in [9.17, 15) is 0 Å². The summed E-state index contributed by atoms with van der Waals surface area (Å²) in [5, 5.41) is 8.81. The van der Waals surface area contributed by atoms with Crippen molar-refractivity contribution < 1.29 is 0 Å². The van der Waals surface area contributed by atoms with Gasteiger partial charge in [0.15, 0.2) is 0 Å². The zero-order valence-electron chi connectivity index (χ0n) is 10.8. The molecule has 0 radical (unpaired) electrons.